The molecule has 0 fully saturated rings. The third kappa shape index (κ3) is 3.97. The molecule has 0 atom stereocenters. The van der Waals surface area contributed by atoms with E-state index in [1.807, 2.05) is 45.0 Å². The highest BCUT2D eigenvalue weighted by Crippen LogP contribution is 2.32. The number of anilines is 1. The fraction of sp³-hybridized carbons (Fsp3) is 0.300. The number of benzene rings is 1. The first-order chi connectivity index (χ1) is 12.8. The molecule has 0 aliphatic rings. The van der Waals surface area contributed by atoms with Gasteiger partial charge in [0.05, 0.1) is 14.2 Å². The highest BCUT2D eigenvalue weighted by Gasteiger charge is 2.22. The van der Waals surface area contributed by atoms with Crippen LogP contribution in [0.15, 0.2) is 36.7 Å². The van der Waals surface area contributed by atoms with Gasteiger partial charge in [-0.25, -0.2) is 9.97 Å². The van der Waals surface area contributed by atoms with Gasteiger partial charge in [0.2, 0.25) is 11.9 Å². The second kappa shape index (κ2) is 7.19. The van der Waals surface area contributed by atoms with E-state index in [9.17, 15) is 4.79 Å². The number of methoxy groups -OCH3 is 2. The summed E-state index contributed by atoms with van der Waals surface area (Å²) >= 11 is 0. The van der Waals surface area contributed by atoms with E-state index >= 15 is 0 Å². The van der Waals surface area contributed by atoms with Crippen molar-refractivity contribution in [1.29, 1.82) is 0 Å². The zero-order chi connectivity index (χ0) is 19.6. The number of carbonyl (C=O) groups is 1. The highest BCUT2D eigenvalue weighted by atomic mass is 16.5. The number of ether oxygens (including phenoxy) is 2. The fourth-order valence-corrected chi connectivity index (χ4v) is 2.45. The molecule has 0 unspecified atom stereocenters. The monoisotopic (exact) mass is 366 g/mol. The minimum atomic E-state index is -0.525. The Balaban J connectivity index is 1.93. The Hall–Kier alpha value is -3.22. The minimum absolute atomic E-state index is 0.149. The van der Waals surface area contributed by atoms with Crippen molar-refractivity contribution in [3.63, 3.8) is 0 Å². The van der Waals surface area contributed by atoms with E-state index in [1.165, 1.54) is 0 Å². The number of nitrogens with one attached hydrogen (secondary N) is 1. The van der Waals surface area contributed by atoms with Crippen molar-refractivity contribution in [1.82, 2.24) is 15.0 Å². The third-order valence-electron chi connectivity index (χ3n) is 4.06. The summed E-state index contributed by atoms with van der Waals surface area (Å²) in [6.07, 6.45) is 3.38. The molecular formula is C20H22N4O3. The number of rotatable bonds is 4. The maximum atomic E-state index is 12.1. The summed E-state index contributed by atoms with van der Waals surface area (Å²) in [5.74, 6) is 1.40. The van der Waals surface area contributed by atoms with Crippen molar-refractivity contribution in [2.75, 3.05) is 19.5 Å². The molecule has 0 saturated carbocycles. The summed E-state index contributed by atoms with van der Waals surface area (Å²) in [6.45, 7) is 5.49. The summed E-state index contributed by atoms with van der Waals surface area (Å²) in [4.78, 5) is 25.1. The summed E-state index contributed by atoms with van der Waals surface area (Å²) < 4.78 is 10.6. The number of aromatic nitrogens is 3. The van der Waals surface area contributed by atoms with Crippen molar-refractivity contribution in [2.45, 2.75) is 20.8 Å². The second-order valence-electron chi connectivity index (χ2n) is 7.10. The van der Waals surface area contributed by atoms with Gasteiger partial charge in [0.15, 0.2) is 17.1 Å². The van der Waals surface area contributed by atoms with Gasteiger partial charge in [-0.1, -0.05) is 26.8 Å². The first-order valence-corrected chi connectivity index (χ1v) is 8.48. The number of nitrogens with zero attached hydrogens (tertiary/aromatic N) is 3. The van der Waals surface area contributed by atoms with Crippen LogP contribution in [0.1, 0.15) is 20.8 Å². The normalized spacial score (nSPS) is 11.3. The Morgan fingerprint density at radius 2 is 1.70 bits per heavy atom. The maximum absolute atomic E-state index is 12.1. The molecule has 7 nitrogen and oxygen atoms in total. The lowest BCUT2D eigenvalue weighted by Crippen LogP contribution is -2.28. The van der Waals surface area contributed by atoms with Gasteiger partial charge in [-0.05, 0) is 23.8 Å². The molecule has 140 valence electrons. The van der Waals surface area contributed by atoms with Gasteiger partial charge < -0.3 is 9.47 Å². The van der Waals surface area contributed by atoms with Crippen LogP contribution in [-0.2, 0) is 4.79 Å². The number of hydrogen-bond acceptors (Lipinski definition) is 6. The molecular weight excluding hydrogens is 344 g/mol. The van der Waals surface area contributed by atoms with E-state index < -0.39 is 5.41 Å². The Morgan fingerprint density at radius 3 is 2.37 bits per heavy atom. The molecule has 1 aromatic carbocycles. The molecule has 0 bridgehead atoms. The zero-order valence-corrected chi connectivity index (χ0v) is 16.0. The predicted octanol–water partition coefficient (Wildman–Crippen LogP) is 3.69. The topological polar surface area (TPSA) is 86.2 Å². The van der Waals surface area contributed by atoms with E-state index in [4.69, 9.17) is 9.47 Å². The molecule has 7 heteroatoms. The zero-order valence-electron chi connectivity index (χ0n) is 16.0. The van der Waals surface area contributed by atoms with Crippen LogP contribution in [0.5, 0.6) is 11.5 Å². The minimum Gasteiger partial charge on any atom is -0.493 e. The van der Waals surface area contributed by atoms with E-state index in [0.717, 1.165) is 16.5 Å². The summed E-state index contributed by atoms with van der Waals surface area (Å²) in [7, 11) is 3.20. The van der Waals surface area contributed by atoms with E-state index in [0.29, 0.717) is 17.1 Å². The first kappa shape index (κ1) is 18.6. The number of hydrogen-bond donors (Lipinski definition) is 1. The molecule has 0 spiro atoms. The summed E-state index contributed by atoms with van der Waals surface area (Å²) in [6, 6.07) is 7.61. The van der Waals surface area contributed by atoms with Crippen LogP contribution in [0.2, 0.25) is 0 Å². The number of fused-ring (bicyclic) bond motifs is 1. The van der Waals surface area contributed by atoms with Crippen LogP contribution in [-0.4, -0.2) is 35.1 Å². The fourth-order valence-electron chi connectivity index (χ4n) is 2.45. The molecule has 0 saturated heterocycles. The smallest absolute Gasteiger partial charge is 0.232 e. The van der Waals surface area contributed by atoms with Crippen molar-refractivity contribution >= 4 is 22.9 Å². The third-order valence-corrected chi connectivity index (χ3v) is 4.06. The molecule has 3 aromatic rings. The van der Waals surface area contributed by atoms with Crippen molar-refractivity contribution in [3.05, 3.63) is 36.7 Å². The SMILES string of the molecule is COc1ccc(-c2cnc3nc(NC(=O)C(C)(C)C)ncc3c2)cc1OC. The Kier molecular flexibility index (Phi) is 4.94. The van der Waals surface area contributed by atoms with Crippen LogP contribution in [0.3, 0.4) is 0 Å². The quantitative estimate of drug-likeness (QED) is 0.758. The van der Waals surface area contributed by atoms with Gasteiger partial charge >= 0.3 is 0 Å². The standard InChI is InChI=1S/C20H22N4O3/c1-20(2,3)18(25)24-19-22-11-14-8-13(10-21-17(14)23-19)12-6-7-15(26-4)16(9-12)27-5/h6-11H,1-5H3,(H,21,22,23,24,25). The van der Waals surface area contributed by atoms with E-state index in [-0.39, 0.29) is 11.9 Å². The highest BCUT2D eigenvalue weighted by molar-refractivity contribution is 5.93. The van der Waals surface area contributed by atoms with Gasteiger partial charge in [0.1, 0.15) is 0 Å². The average molecular weight is 366 g/mol. The Bertz CT molecular complexity index is 996. The van der Waals surface area contributed by atoms with Crippen LogP contribution < -0.4 is 14.8 Å². The van der Waals surface area contributed by atoms with Crippen LogP contribution in [0.4, 0.5) is 5.95 Å². The molecule has 0 radical (unpaired) electrons. The lowest BCUT2D eigenvalue weighted by Gasteiger charge is -2.16. The number of amides is 1. The molecule has 0 aliphatic carbocycles. The van der Waals surface area contributed by atoms with Crippen LogP contribution >= 0.6 is 0 Å². The number of pyridine rings is 1. The molecule has 3 rings (SSSR count). The molecule has 2 heterocycles. The molecule has 1 amide bonds. The Morgan fingerprint density at radius 1 is 0.963 bits per heavy atom. The lowest BCUT2D eigenvalue weighted by atomic mass is 9.96. The molecule has 2 aromatic heterocycles. The van der Waals surface area contributed by atoms with E-state index in [1.54, 1.807) is 26.6 Å². The predicted molar refractivity (Wildman–Crippen MR) is 104 cm³/mol. The van der Waals surface area contributed by atoms with Gasteiger partial charge in [-0.2, -0.15) is 4.98 Å². The van der Waals surface area contributed by atoms with Gasteiger partial charge in [0.25, 0.3) is 0 Å². The van der Waals surface area contributed by atoms with Crippen molar-refractivity contribution < 1.29 is 14.3 Å². The molecule has 1 N–H and O–H groups in total. The Labute approximate surface area is 157 Å². The summed E-state index contributed by atoms with van der Waals surface area (Å²) in [5.41, 5.74) is 1.83. The largest absolute Gasteiger partial charge is 0.493 e. The van der Waals surface area contributed by atoms with Crippen molar-refractivity contribution in [3.8, 4) is 22.6 Å². The lowest BCUT2D eigenvalue weighted by molar-refractivity contribution is -0.123. The average Bonchev–Trinajstić information content (AvgIpc) is 2.66. The molecule has 27 heavy (non-hydrogen) atoms. The van der Waals surface area contributed by atoms with Gasteiger partial charge in [0, 0.05) is 28.8 Å². The summed E-state index contributed by atoms with van der Waals surface area (Å²) in [5, 5.41) is 3.49. The van der Waals surface area contributed by atoms with Crippen molar-refractivity contribution in [2.24, 2.45) is 5.41 Å². The molecule has 0 aliphatic heterocycles. The van der Waals surface area contributed by atoms with Crippen LogP contribution in [0.25, 0.3) is 22.2 Å². The maximum Gasteiger partial charge on any atom is 0.232 e. The first-order valence-electron chi connectivity index (χ1n) is 8.48. The van der Waals surface area contributed by atoms with Gasteiger partial charge in [-0.3, -0.25) is 10.1 Å². The number of carbonyl (C=O) groups excluding carboxylic acids is 1. The van der Waals surface area contributed by atoms with Gasteiger partial charge in [-0.15, -0.1) is 0 Å². The van der Waals surface area contributed by atoms with Crippen LogP contribution in [0, 0.1) is 5.41 Å². The van der Waals surface area contributed by atoms with E-state index in [2.05, 4.69) is 20.3 Å². The second-order valence-corrected chi connectivity index (χ2v) is 7.10.